The van der Waals surface area contributed by atoms with Gasteiger partial charge in [0.2, 0.25) is 10.0 Å². The normalized spacial score (nSPS) is 13.7. The fraction of sp³-hybridized carbons (Fsp3) is 0.900. The predicted molar refractivity (Wildman–Crippen MR) is 63.9 cm³/mol. The Morgan fingerprint density at radius 3 is 2.41 bits per heavy atom. The summed E-state index contributed by atoms with van der Waals surface area (Å²) in [6, 6.07) is -0.526. The third-order valence-corrected chi connectivity index (χ3v) is 3.62. The summed E-state index contributed by atoms with van der Waals surface area (Å²) in [6.45, 7) is 5.22. The molecule has 0 spiro atoms. The van der Waals surface area contributed by atoms with Crippen molar-refractivity contribution < 1.29 is 23.1 Å². The van der Waals surface area contributed by atoms with E-state index in [1.165, 1.54) is 0 Å². The third kappa shape index (κ3) is 7.30. The van der Waals surface area contributed by atoms with Crippen molar-refractivity contribution >= 4 is 16.0 Å². The molecule has 0 rings (SSSR count). The quantitative estimate of drug-likeness (QED) is 0.598. The van der Waals surface area contributed by atoms with Crippen LogP contribution in [0.5, 0.6) is 0 Å². The van der Waals surface area contributed by atoms with Gasteiger partial charge in [-0.15, -0.1) is 0 Å². The van der Waals surface area contributed by atoms with Gasteiger partial charge in [0.1, 0.15) is 0 Å². The van der Waals surface area contributed by atoms with Gasteiger partial charge < -0.3 is 9.84 Å². The van der Waals surface area contributed by atoms with Gasteiger partial charge in [-0.2, -0.15) is 0 Å². The van der Waals surface area contributed by atoms with E-state index in [1.54, 1.807) is 20.8 Å². The molecule has 1 atom stereocenters. The highest BCUT2D eigenvalue weighted by Crippen LogP contribution is 2.03. The number of rotatable bonds is 8. The van der Waals surface area contributed by atoms with Crippen LogP contribution in [0.25, 0.3) is 0 Å². The first-order valence-corrected chi connectivity index (χ1v) is 7.24. The van der Waals surface area contributed by atoms with E-state index in [1.807, 2.05) is 0 Å². The zero-order valence-corrected chi connectivity index (χ0v) is 11.3. The van der Waals surface area contributed by atoms with Crippen molar-refractivity contribution in [1.82, 2.24) is 4.72 Å². The zero-order valence-electron chi connectivity index (χ0n) is 10.5. The number of aliphatic hydroxyl groups is 1. The minimum absolute atomic E-state index is 0.0163. The molecular formula is C10H21NO5S. The number of ether oxygens (including phenoxy) is 1. The molecule has 0 aromatic carbocycles. The number of aliphatic hydroxyl groups excluding tert-OH is 1. The van der Waals surface area contributed by atoms with E-state index in [4.69, 9.17) is 5.11 Å². The molecule has 0 saturated carbocycles. The number of hydrogen-bond donors (Lipinski definition) is 2. The minimum atomic E-state index is -3.56. The molecule has 17 heavy (non-hydrogen) atoms. The summed E-state index contributed by atoms with van der Waals surface area (Å²) in [7, 11) is -3.56. The Morgan fingerprint density at radius 2 is 2.00 bits per heavy atom. The van der Waals surface area contributed by atoms with Gasteiger partial charge in [-0.3, -0.25) is 4.79 Å². The first-order valence-electron chi connectivity index (χ1n) is 5.58. The van der Waals surface area contributed by atoms with Gasteiger partial charge in [0, 0.05) is 6.04 Å². The number of carbonyl (C=O) groups excluding carboxylic acids is 1. The van der Waals surface area contributed by atoms with Crippen molar-refractivity contribution in [2.24, 2.45) is 5.92 Å². The highest BCUT2D eigenvalue weighted by Gasteiger charge is 2.21. The molecule has 0 saturated heterocycles. The van der Waals surface area contributed by atoms with E-state index in [0.717, 1.165) is 0 Å². The summed E-state index contributed by atoms with van der Waals surface area (Å²) in [6.07, 6.45) is -0.181. The molecule has 2 N–H and O–H groups in total. The predicted octanol–water partition coefficient (Wildman–Crippen LogP) is -0.124. The second-order valence-corrected chi connectivity index (χ2v) is 5.90. The van der Waals surface area contributed by atoms with Gasteiger partial charge in [0.15, 0.2) is 0 Å². The molecule has 7 heteroatoms. The Labute approximate surface area is 102 Å². The van der Waals surface area contributed by atoms with Crippen LogP contribution in [0, 0.1) is 5.92 Å². The lowest BCUT2D eigenvalue weighted by Gasteiger charge is -2.19. The van der Waals surface area contributed by atoms with E-state index in [9.17, 15) is 13.2 Å². The Kier molecular flexibility index (Phi) is 7.33. The van der Waals surface area contributed by atoms with Crippen LogP contribution in [0.15, 0.2) is 0 Å². The van der Waals surface area contributed by atoms with Crippen molar-refractivity contribution in [3.05, 3.63) is 0 Å². The Morgan fingerprint density at radius 1 is 1.41 bits per heavy atom. The average molecular weight is 267 g/mol. The smallest absolute Gasteiger partial charge is 0.306 e. The molecule has 0 aromatic rings. The fourth-order valence-corrected chi connectivity index (χ4v) is 2.49. The van der Waals surface area contributed by atoms with Crippen molar-refractivity contribution in [1.29, 1.82) is 0 Å². The second kappa shape index (κ2) is 7.62. The molecule has 0 amide bonds. The highest BCUT2D eigenvalue weighted by atomic mass is 32.2. The topological polar surface area (TPSA) is 92.7 Å². The lowest BCUT2D eigenvalue weighted by molar-refractivity contribution is -0.142. The summed E-state index contributed by atoms with van der Waals surface area (Å²) >= 11 is 0. The second-order valence-electron chi connectivity index (χ2n) is 4.02. The number of nitrogens with one attached hydrogen (secondary N) is 1. The van der Waals surface area contributed by atoms with Crippen LogP contribution >= 0.6 is 0 Å². The molecule has 102 valence electrons. The Bertz CT molecular complexity index is 326. The number of esters is 1. The van der Waals surface area contributed by atoms with Crippen LogP contribution in [-0.4, -0.2) is 44.5 Å². The molecule has 0 heterocycles. The van der Waals surface area contributed by atoms with E-state index in [2.05, 4.69) is 9.46 Å². The number of hydrogen-bond acceptors (Lipinski definition) is 5. The van der Waals surface area contributed by atoms with Crippen LogP contribution in [0.1, 0.15) is 27.2 Å². The maximum Gasteiger partial charge on any atom is 0.306 e. The van der Waals surface area contributed by atoms with Crippen molar-refractivity contribution in [3.63, 3.8) is 0 Å². The Balaban J connectivity index is 4.25. The maximum atomic E-state index is 11.6. The van der Waals surface area contributed by atoms with Crippen LogP contribution in [0.3, 0.4) is 0 Å². The van der Waals surface area contributed by atoms with E-state index in [0.29, 0.717) is 0 Å². The number of sulfonamides is 1. The maximum absolute atomic E-state index is 11.6. The molecule has 0 aliphatic rings. The fourth-order valence-electron chi connectivity index (χ4n) is 1.12. The SMILES string of the molecule is CCOC(=O)CCS(=O)(=O)NC(CO)C(C)C. The van der Waals surface area contributed by atoms with Crippen molar-refractivity contribution in [2.75, 3.05) is 19.0 Å². The monoisotopic (exact) mass is 267 g/mol. The van der Waals surface area contributed by atoms with Gasteiger partial charge in [0.25, 0.3) is 0 Å². The molecule has 6 nitrogen and oxygen atoms in total. The van der Waals surface area contributed by atoms with Gasteiger partial charge in [-0.1, -0.05) is 13.8 Å². The Hall–Kier alpha value is -0.660. The standard InChI is InChI=1S/C10H21NO5S/c1-4-16-10(13)5-6-17(14,15)11-9(7-12)8(2)3/h8-9,11-12H,4-7H2,1-3H3. The summed E-state index contributed by atoms with van der Waals surface area (Å²) in [5.41, 5.74) is 0. The van der Waals surface area contributed by atoms with E-state index < -0.39 is 22.0 Å². The molecule has 0 radical (unpaired) electrons. The first-order chi connectivity index (χ1) is 7.82. The lowest BCUT2D eigenvalue weighted by Crippen LogP contribution is -2.42. The summed E-state index contributed by atoms with van der Waals surface area (Å²) in [4.78, 5) is 11.0. The molecule has 0 bridgehead atoms. The van der Waals surface area contributed by atoms with Gasteiger partial charge in [0.05, 0.1) is 25.4 Å². The molecule has 0 aliphatic heterocycles. The van der Waals surface area contributed by atoms with Gasteiger partial charge in [-0.25, -0.2) is 13.1 Å². The first kappa shape index (κ1) is 16.3. The minimum Gasteiger partial charge on any atom is -0.466 e. The molecule has 0 aliphatic carbocycles. The van der Waals surface area contributed by atoms with Gasteiger partial charge >= 0.3 is 5.97 Å². The van der Waals surface area contributed by atoms with Crippen molar-refractivity contribution in [3.8, 4) is 0 Å². The largest absolute Gasteiger partial charge is 0.466 e. The summed E-state index contributed by atoms with van der Waals surface area (Å²) in [5, 5.41) is 9.00. The zero-order chi connectivity index (χ0) is 13.5. The summed E-state index contributed by atoms with van der Waals surface area (Å²) in [5.74, 6) is -0.880. The van der Waals surface area contributed by atoms with Crippen LogP contribution in [0.2, 0.25) is 0 Å². The average Bonchev–Trinajstić information content (AvgIpc) is 2.23. The van der Waals surface area contributed by atoms with Crippen molar-refractivity contribution in [2.45, 2.75) is 33.2 Å². The van der Waals surface area contributed by atoms with Crippen LogP contribution in [-0.2, 0) is 19.6 Å². The number of carbonyl (C=O) groups is 1. The van der Waals surface area contributed by atoms with Crippen LogP contribution < -0.4 is 4.72 Å². The van der Waals surface area contributed by atoms with E-state index in [-0.39, 0.29) is 31.3 Å². The van der Waals surface area contributed by atoms with E-state index >= 15 is 0 Å². The molecule has 0 aromatic heterocycles. The lowest BCUT2D eigenvalue weighted by atomic mass is 10.1. The molecule has 1 unspecified atom stereocenters. The molecule has 0 fully saturated rings. The van der Waals surface area contributed by atoms with Gasteiger partial charge in [-0.05, 0) is 12.8 Å². The van der Waals surface area contributed by atoms with Crippen LogP contribution in [0.4, 0.5) is 0 Å². The highest BCUT2D eigenvalue weighted by molar-refractivity contribution is 7.89. The summed E-state index contributed by atoms with van der Waals surface area (Å²) < 4.78 is 30.2. The third-order valence-electron chi connectivity index (χ3n) is 2.21. The molecular weight excluding hydrogens is 246 g/mol.